The van der Waals surface area contributed by atoms with Gasteiger partial charge in [-0.2, -0.15) is 0 Å². The van der Waals surface area contributed by atoms with Crippen LogP contribution in [-0.4, -0.2) is 95.7 Å². The zero-order valence-electron chi connectivity index (χ0n) is 21.0. The van der Waals surface area contributed by atoms with Crippen LogP contribution in [0.25, 0.3) is 0 Å². The molecule has 2 aromatic rings. The molecule has 2 aliphatic rings. The lowest BCUT2D eigenvalue weighted by atomic mass is 10.1. The second-order valence-electron chi connectivity index (χ2n) is 10.0. The van der Waals surface area contributed by atoms with Crippen LogP contribution >= 0.6 is 0 Å². The van der Waals surface area contributed by atoms with E-state index in [1.54, 1.807) is 0 Å². The SMILES string of the molecule is Cc1cccc(C)c1N1CCN(C(=O)c2coc(CN3CCN(C[C@@H](O)C(C)C)CC3)n2)CC1. The maximum Gasteiger partial charge on any atom is 0.275 e. The molecule has 1 N–H and O–H groups in total. The Morgan fingerprint density at radius 3 is 2.24 bits per heavy atom. The van der Waals surface area contributed by atoms with Gasteiger partial charge in [0.15, 0.2) is 5.69 Å². The lowest BCUT2D eigenvalue weighted by Gasteiger charge is -2.37. The molecule has 0 unspecified atom stereocenters. The van der Waals surface area contributed by atoms with Crippen LogP contribution in [0.1, 0.15) is 41.4 Å². The van der Waals surface area contributed by atoms with Gasteiger partial charge >= 0.3 is 0 Å². The summed E-state index contributed by atoms with van der Waals surface area (Å²) in [7, 11) is 0. The molecular weight excluding hydrogens is 430 g/mol. The van der Waals surface area contributed by atoms with Crippen molar-refractivity contribution in [1.82, 2.24) is 19.7 Å². The summed E-state index contributed by atoms with van der Waals surface area (Å²) in [5, 5.41) is 10.1. The molecule has 186 valence electrons. The number of benzene rings is 1. The fourth-order valence-electron chi connectivity index (χ4n) is 4.88. The van der Waals surface area contributed by atoms with E-state index >= 15 is 0 Å². The maximum absolute atomic E-state index is 13.0. The zero-order valence-corrected chi connectivity index (χ0v) is 21.0. The molecule has 0 aliphatic carbocycles. The van der Waals surface area contributed by atoms with E-state index < -0.39 is 0 Å². The van der Waals surface area contributed by atoms with Gasteiger partial charge in [0.05, 0.1) is 12.6 Å². The smallest absolute Gasteiger partial charge is 0.275 e. The third kappa shape index (κ3) is 5.79. The van der Waals surface area contributed by atoms with Gasteiger partial charge in [0, 0.05) is 64.6 Å². The van der Waals surface area contributed by atoms with Crippen molar-refractivity contribution in [1.29, 1.82) is 0 Å². The number of amides is 1. The van der Waals surface area contributed by atoms with Gasteiger partial charge in [-0.3, -0.25) is 14.6 Å². The minimum absolute atomic E-state index is 0.0522. The van der Waals surface area contributed by atoms with Crippen molar-refractivity contribution in [3.63, 3.8) is 0 Å². The van der Waals surface area contributed by atoms with Crippen molar-refractivity contribution in [2.24, 2.45) is 5.92 Å². The van der Waals surface area contributed by atoms with E-state index in [-0.39, 0.29) is 17.9 Å². The van der Waals surface area contributed by atoms with Crippen molar-refractivity contribution in [2.75, 3.05) is 63.8 Å². The summed E-state index contributed by atoms with van der Waals surface area (Å²) in [4.78, 5) is 26.4. The van der Waals surface area contributed by atoms with E-state index in [1.807, 2.05) is 18.7 Å². The molecule has 0 radical (unpaired) electrons. The van der Waals surface area contributed by atoms with Crippen molar-refractivity contribution in [2.45, 2.75) is 40.3 Å². The summed E-state index contributed by atoms with van der Waals surface area (Å²) in [5.74, 6) is 0.813. The fourth-order valence-corrected chi connectivity index (χ4v) is 4.88. The molecule has 0 spiro atoms. The van der Waals surface area contributed by atoms with Gasteiger partial charge in [-0.1, -0.05) is 32.0 Å². The quantitative estimate of drug-likeness (QED) is 0.667. The van der Waals surface area contributed by atoms with E-state index in [9.17, 15) is 9.90 Å². The van der Waals surface area contributed by atoms with Crippen LogP contribution in [0.2, 0.25) is 0 Å². The molecular formula is C26H39N5O3. The predicted molar refractivity (Wildman–Crippen MR) is 133 cm³/mol. The number of rotatable bonds is 7. The summed E-state index contributed by atoms with van der Waals surface area (Å²) in [6.07, 6.45) is 1.22. The van der Waals surface area contributed by atoms with Gasteiger partial charge in [-0.25, -0.2) is 4.98 Å². The fraction of sp³-hybridized carbons (Fsp3) is 0.615. The van der Waals surface area contributed by atoms with Gasteiger partial charge in [-0.15, -0.1) is 0 Å². The molecule has 0 saturated carbocycles. The summed E-state index contributed by atoms with van der Waals surface area (Å²) in [5.41, 5.74) is 4.24. The number of hydrogen-bond donors (Lipinski definition) is 1. The van der Waals surface area contributed by atoms with Crippen molar-refractivity contribution < 1.29 is 14.3 Å². The van der Waals surface area contributed by atoms with Gasteiger partial charge < -0.3 is 19.3 Å². The van der Waals surface area contributed by atoms with Gasteiger partial charge in [0.2, 0.25) is 5.89 Å². The van der Waals surface area contributed by atoms with E-state index in [4.69, 9.17) is 4.42 Å². The van der Waals surface area contributed by atoms with Gasteiger partial charge in [-0.05, 0) is 30.9 Å². The summed E-state index contributed by atoms with van der Waals surface area (Å²) >= 11 is 0. The molecule has 1 atom stereocenters. The number of aliphatic hydroxyl groups excluding tert-OH is 1. The topological polar surface area (TPSA) is 76.3 Å². The van der Waals surface area contributed by atoms with E-state index in [0.717, 1.165) is 45.8 Å². The van der Waals surface area contributed by atoms with Crippen molar-refractivity contribution in [3.8, 4) is 0 Å². The number of aliphatic hydroxyl groups is 1. The van der Waals surface area contributed by atoms with Crippen LogP contribution in [0, 0.1) is 19.8 Å². The monoisotopic (exact) mass is 469 g/mol. The lowest BCUT2D eigenvalue weighted by molar-refractivity contribution is 0.0463. The van der Waals surface area contributed by atoms with Crippen molar-refractivity contribution >= 4 is 11.6 Å². The Balaban J connectivity index is 1.26. The number of β-amino-alcohol motifs (C(OH)–C–C–N with tert-alkyl or cyclic N) is 1. The minimum Gasteiger partial charge on any atom is -0.447 e. The van der Waals surface area contributed by atoms with Crippen molar-refractivity contribution in [3.05, 3.63) is 47.2 Å². The Hall–Kier alpha value is -2.42. The minimum atomic E-state index is -0.283. The number of carbonyl (C=O) groups is 1. The molecule has 0 bridgehead atoms. The zero-order chi connectivity index (χ0) is 24.2. The largest absolute Gasteiger partial charge is 0.447 e. The standard InChI is InChI=1S/C26H39N5O3/c1-19(2)23(32)16-28-8-10-29(11-9-28)17-24-27-22(18-34-24)26(33)31-14-12-30(13-15-31)25-20(3)6-5-7-21(25)4/h5-7,18-19,23,32H,8-17H2,1-4H3/t23-/m1/s1. The van der Waals surface area contributed by atoms with Crippen LogP contribution < -0.4 is 4.90 Å². The van der Waals surface area contributed by atoms with Crippen LogP contribution in [-0.2, 0) is 6.54 Å². The number of piperazine rings is 2. The first-order valence-corrected chi connectivity index (χ1v) is 12.5. The van der Waals surface area contributed by atoms with Crippen LogP contribution in [0.5, 0.6) is 0 Å². The lowest BCUT2D eigenvalue weighted by Crippen LogP contribution is -2.49. The molecule has 2 aliphatic heterocycles. The third-order valence-corrected chi connectivity index (χ3v) is 7.13. The average Bonchev–Trinajstić information content (AvgIpc) is 3.28. The number of oxazole rings is 1. The first kappa shape index (κ1) is 24.7. The van der Waals surface area contributed by atoms with E-state index in [2.05, 4.69) is 51.7 Å². The molecule has 34 heavy (non-hydrogen) atoms. The Morgan fingerprint density at radius 1 is 1.00 bits per heavy atom. The molecule has 1 amide bonds. The first-order chi connectivity index (χ1) is 16.3. The molecule has 8 nitrogen and oxygen atoms in total. The number of para-hydroxylation sites is 1. The third-order valence-electron chi connectivity index (χ3n) is 7.13. The van der Waals surface area contributed by atoms with Crippen LogP contribution in [0.3, 0.4) is 0 Å². The molecule has 4 rings (SSSR count). The predicted octanol–water partition coefficient (Wildman–Crippen LogP) is 2.39. The summed E-state index contributed by atoms with van der Waals surface area (Å²) in [6.45, 7) is 16.3. The van der Waals surface area contributed by atoms with E-state index in [0.29, 0.717) is 31.2 Å². The van der Waals surface area contributed by atoms with E-state index in [1.165, 1.54) is 23.1 Å². The highest BCUT2D eigenvalue weighted by molar-refractivity contribution is 5.92. The highest BCUT2D eigenvalue weighted by atomic mass is 16.3. The number of aryl methyl sites for hydroxylation is 2. The van der Waals surface area contributed by atoms with Crippen LogP contribution in [0.4, 0.5) is 5.69 Å². The number of carbonyl (C=O) groups excluding carboxylic acids is 1. The molecule has 2 fully saturated rings. The highest BCUT2D eigenvalue weighted by Gasteiger charge is 2.27. The highest BCUT2D eigenvalue weighted by Crippen LogP contribution is 2.26. The first-order valence-electron chi connectivity index (χ1n) is 12.5. The number of anilines is 1. The Kier molecular flexibility index (Phi) is 7.91. The Morgan fingerprint density at radius 2 is 1.62 bits per heavy atom. The van der Waals surface area contributed by atoms with Gasteiger partial charge in [0.1, 0.15) is 6.26 Å². The van der Waals surface area contributed by atoms with Crippen LogP contribution in [0.15, 0.2) is 28.9 Å². The Labute approximate surface area is 203 Å². The van der Waals surface area contributed by atoms with Gasteiger partial charge in [0.25, 0.3) is 5.91 Å². The Bertz CT molecular complexity index is 939. The number of hydrogen-bond acceptors (Lipinski definition) is 7. The molecule has 2 saturated heterocycles. The normalized spacial score (nSPS) is 19.1. The molecule has 3 heterocycles. The molecule has 1 aromatic carbocycles. The molecule has 1 aromatic heterocycles. The maximum atomic E-state index is 13.0. The second-order valence-corrected chi connectivity index (χ2v) is 10.0. The molecule has 8 heteroatoms. The second kappa shape index (κ2) is 10.9. The number of nitrogens with zero attached hydrogens (tertiary/aromatic N) is 5. The summed E-state index contributed by atoms with van der Waals surface area (Å²) < 4.78 is 5.66. The number of aromatic nitrogens is 1. The average molecular weight is 470 g/mol. The summed E-state index contributed by atoms with van der Waals surface area (Å²) in [6, 6.07) is 6.38.